The number of piperidine rings is 1. The smallest absolute Gasteiger partial charge is 0.261 e. The average molecular weight is 361 g/mol. The van der Waals surface area contributed by atoms with E-state index < -0.39 is 11.7 Å². The normalized spacial score (nSPS) is 17.1. The van der Waals surface area contributed by atoms with Crippen molar-refractivity contribution in [3.8, 4) is 0 Å². The van der Waals surface area contributed by atoms with Gasteiger partial charge in [-0.05, 0) is 56.1 Å². The number of amides is 2. The van der Waals surface area contributed by atoms with E-state index in [2.05, 4.69) is 16.0 Å². The van der Waals surface area contributed by atoms with Gasteiger partial charge in [0.15, 0.2) is 0 Å². The zero-order chi connectivity index (χ0) is 17.8. The van der Waals surface area contributed by atoms with Gasteiger partial charge in [0.05, 0.1) is 9.88 Å². The molecule has 1 aromatic heterocycles. The number of hydrogen-bond acceptors (Lipinski definition) is 4. The minimum Gasteiger partial charge on any atom is -0.347 e. The molecule has 1 fully saturated rings. The van der Waals surface area contributed by atoms with Crippen molar-refractivity contribution in [2.75, 3.05) is 18.4 Å². The van der Waals surface area contributed by atoms with Gasteiger partial charge in [0.1, 0.15) is 5.82 Å². The van der Waals surface area contributed by atoms with E-state index >= 15 is 0 Å². The average Bonchev–Trinajstić information content (AvgIpc) is 2.96. The molecule has 0 bridgehead atoms. The van der Waals surface area contributed by atoms with Crippen molar-refractivity contribution in [1.29, 1.82) is 0 Å². The Labute approximate surface area is 149 Å². The molecule has 7 heteroatoms. The first-order valence-electron chi connectivity index (χ1n) is 8.22. The summed E-state index contributed by atoms with van der Waals surface area (Å²) >= 11 is 1.23. The molecule has 1 aliphatic rings. The van der Waals surface area contributed by atoms with Crippen LogP contribution in [0.15, 0.2) is 30.3 Å². The van der Waals surface area contributed by atoms with Crippen LogP contribution in [0.1, 0.15) is 38.4 Å². The predicted octanol–water partition coefficient (Wildman–Crippen LogP) is 2.93. The van der Waals surface area contributed by atoms with Crippen LogP contribution >= 0.6 is 11.3 Å². The van der Waals surface area contributed by atoms with E-state index in [1.54, 1.807) is 12.1 Å². The number of anilines is 1. The lowest BCUT2D eigenvalue weighted by atomic mass is 10.1. The topological polar surface area (TPSA) is 70.2 Å². The van der Waals surface area contributed by atoms with Crippen molar-refractivity contribution in [3.63, 3.8) is 0 Å². The molecule has 3 N–H and O–H groups in total. The van der Waals surface area contributed by atoms with Gasteiger partial charge in [-0.15, -0.1) is 11.3 Å². The van der Waals surface area contributed by atoms with E-state index in [0.29, 0.717) is 9.88 Å². The molecule has 1 unspecified atom stereocenters. The van der Waals surface area contributed by atoms with Gasteiger partial charge in [-0.2, -0.15) is 0 Å². The van der Waals surface area contributed by atoms with Crippen LogP contribution in [0.4, 0.5) is 9.39 Å². The standard InChI is InChI=1S/C18H20FN3O2S/c1-11-8-15(22-17(23)12-4-2-5-13(19)9-12)25-16(11)18(24)21-14-6-3-7-20-10-14/h2,4-5,8-9,14,20H,3,6-7,10H2,1H3,(H,21,24)(H,22,23). The molecule has 0 saturated carbocycles. The largest absolute Gasteiger partial charge is 0.347 e. The third kappa shape index (κ3) is 4.43. The van der Waals surface area contributed by atoms with Crippen LogP contribution in [0.3, 0.4) is 0 Å². The third-order valence-corrected chi connectivity index (χ3v) is 5.23. The summed E-state index contributed by atoms with van der Waals surface area (Å²) in [7, 11) is 0. The van der Waals surface area contributed by atoms with E-state index in [4.69, 9.17) is 0 Å². The Hall–Kier alpha value is -2.25. The SMILES string of the molecule is Cc1cc(NC(=O)c2cccc(F)c2)sc1C(=O)NC1CCCNC1. The van der Waals surface area contributed by atoms with Crippen LogP contribution in [-0.2, 0) is 0 Å². The second-order valence-corrected chi connectivity index (χ2v) is 7.16. The lowest BCUT2D eigenvalue weighted by Crippen LogP contribution is -2.45. The number of carbonyl (C=O) groups excluding carboxylic acids is 2. The molecule has 0 spiro atoms. The number of halogens is 1. The van der Waals surface area contributed by atoms with Crippen LogP contribution in [-0.4, -0.2) is 30.9 Å². The molecule has 25 heavy (non-hydrogen) atoms. The fraction of sp³-hybridized carbons (Fsp3) is 0.333. The highest BCUT2D eigenvalue weighted by molar-refractivity contribution is 7.18. The van der Waals surface area contributed by atoms with E-state index in [1.165, 1.54) is 29.5 Å². The monoisotopic (exact) mass is 361 g/mol. The Balaban J connectivity index is 1.67. The first-order chi connectivity index (χ1) is 12.0. The van der Waals surface area contributed by atoms with Crippen LogP contribution in [0.5, 0.6) is 0 Å². The number of hydrogen-bond donors (Lipinski definition) is 3. The second kappa shape index (κ2) is 7.76. The zero-order valence-corrected chi connectivity index (χ0v) is 14.7. The molecule has 1 saturated heterocycles. The molecule has 132 valence electrons. The number of carbonyl (C=O) groups is 2. The van der Waals surface area contributed by atoms with Crippen molar-refractivity contribution >= 4 is 28.2 Å². The molecular formula is C18H20FN3O2S. The van der Waals surface area contributed by atoms with E-state index in [1.807, 2.05) is 6.92 Å². The highest BCUT2D eigenvalue weighted by Gasteiger charge is 2.20. The number of benzene rings is 1. The second-order valence-electron chi connectivity index (χ2n) is 6.10. The fourth-order valence-corrected chi connectivity index (χ4v) is 3.78. The maximum absolute atomic E-state index is 13.2. The third-order valence-electron chi connectivity index (χ3n) is 4.08. The first-order valence-corrected chi connectivity index (χ1v) is 9.03. The van der Waals surface area contributed by atoms with Crippen molar-refractivity contribution < 1.29 is 14.0 Å². The van der Waals surface area contributed by atoms with Gasteiger partial charge < -0.3 is 16.0 Å². The van der Waals surface area contributed by atoms with Gasteiger partial charge in [0.25, 0.3) is 11.8 Å². The summed E-state index contributed by atoms with van der Waals surface area (Å²) < 4.78 is 13.2. The van der Waals surface area contributed by atoms with Crippen LogP contribution in [0, 0.1) is 12.7 Å². The number of aryl methyl sites for hydroxylation is 1. The molecule has 0 aliphatic carbocycles. The Kier molecular flexibility index (Phi) is 5.45. The van der Waals surface area contributed by atoms with E-state index in [-0.39, 0.29) is 17.5 Å². The lowest BCUT2D eigenvalue weighted by Gasteiger charge is -2.23. The molecule has 2 heterocycles. The van der Waals surface area contributed by atoms with Gasteiger partial charge in [0, 0.05) is 18.2 Å². The Morgan fingerprint density at radius 3 is 2.84 bits per heavy atom. The van der Waals surface area contributed by atoms with Gasteiger partial charge >= 0.3 is 0 Å². The van der Waals surface area contributed by atoms with Gasteiger partial charge in [-0.25, -0.2) is 4.39 Å². The molecule has 5 nitrogen and oxygen atoms in total. The maximum atomic E-state index is 13.2. The fourth-order valence-electron chi connectivity index (χ4n) is 2.81. The van der Waals surface area contributed by atoms with E-state index in [0.717, 1.165) is 31.5 Å². The minimum absolute atomic E-state index is 0.123. The van der Waals surface area contributed by atoms with Gasteiger partial charge in [0.2, 0.25) is 0 Å². The molecule has 1 aromatic carbocycles. The van der Waals surface area contributed by atoms with E-state index in [9.17, 15) is 14.0 Å². The maximum Gasteiger partial charge on any atom is 0.261 e. The number of nitrogens with one attached hydrogen (secondary N) is 3. The number of thiophene rings is 1. The summed E-state index contributed by atoms with van der Waals surface area (Å²) in [5.74, 6) is -0.984. The Bertz CT molecular complexity index is 784. The number of rotatable bonds is 4. The molecule has 1 aliphatic heterocycles. The van der Waals surface area contributed by atoms with Crippen LogP contribution in [0.2, 0.25) is 0 Å². The molecule has 0 radical (unpaired) electrons. The summed E-state index contributed by atoms with van der Waals surface area (Å²) in [4.78, 5) is 25.2. The Morgan fingerprint density at radius 2 is 2.12 bits per heavy atom. The molecular weight excluding hydrogens is 341 g/mol. The Morgan fingerprint density at radius 1 is 1.28 bits per heavy atom. The first kappa shape index (κ1) is 17.6. The van der Waals surface area contributed by atoms with Crippen molar-refractivity contribution in [2.45, 2.75) is 25.8 Å². The van der Waals surface area contributed by atoms with Gasteiger partial charge in [-0.3, -0.25) is 9.59 Å². The summed E-state index contributed by atoms with van der Waals surface area (Å²) in [6.45, 7) is 3.60. The lowest BCUT2D eigenvalue weighted by molar-refractivity contribution is 0.0933. The van der Waals surface area contributed by atoms with Crippen LogP contribution < -0.4 is 16.0 Å². The minimum atomic E-state index is -0.462. The highest BCUT2D eigenvalue weighted by Crippen LogP contribution is 2.27. The summed E-state index contributed by atoms with van der Waals surface area (Å²) in [5.41, 5.74) is 1.05. The molecule has 1 atom stereocenters. The summed E-state index contributed by atoms with van der Waals surface area (Å²) in [5, 5.41) is 9.58. The predicted molar refractivity (Wildman–Crippen MR) is 96.8 cm³/mol. The van der Waals surface area contributed by atoms with Crippen molar-refractivity contribution in [3.05, 3.63) is 52.2 Å². The van der Waals surface area contributed by atoms with Crippen molar-refractivity contribution in [1.82, 2.24) is 10.6 Å². The molecule has 3 rings (SSSR count). The summed E-state index contributed by atoms with van der Waals surface area (Å²) in [6.07, 6.45) is 2.01. The quantitative estimate of drug-likeness (QED) is 0.784. The molecule has 2 aromatic rings. The van der Waals surface area contributed by atoms with Gasteiger partial charge in [-0.1, -0.05) is 6.07 Å². The zero-order valence-electron chi connectivity index (χ0n) is 13.9. The summed E-state index contributed by atoms with van der Waals surface area (Å²) in [6, 6.07) is 7.39. The highest BCUT2D eigenvalue weighted by atomic mass is 32.1. The molecule has 2 amide bonds. The van der Waals surface area contributed by atoms with Crippen LogP contribution in [0.25, 0.3) is 0 Å². The van der Waals surface area contributed by atoms with Crippen molar-refractivity contribution in [2.24, 2.45) is 0 Å².